The lowest BCUT2D eigenvalue weighted by molar-refractivity contribution is 0.0458. The summed E-state index contributed by atoms with van der Waals surface area (Å²) in [6, 6.07) is 9.27. The molecule has 2 aromatic carbocycles. The molecule has 0 N–H and O–H groups in total. The van der Waals surface area contributed by atoms with E-state index >= 15 is 0 Å². The van der Waals surface area contributed by atoms with Crippen molar-refractivity contribution >= 4 is 17.6 Å². The summed E-state index contributed by atoms with van der Waals surface area (Å²) in [7, 11) is 0. The molecular weight excluding hydrogens is 342 g/mol. The Balaban J connectivity index is 1.69. The van der Waals surface area contributed by atoms with Gasteiger partial charge in [-0.05, 0) is 24.3 Å². The highest BCUT2D eigenvalue weighted by Gasteiger charge is 2.15. The van der Waals surface area contributed by atoms with Crippen LogP contribution >= 0.6 is 11.6 Å². The van der Waals surface area contributed by atoms with Crippen molar-refractivity contribution in [1.29, 1.82) is 0 Å². The Hall–Kier alpha value is -2.80. The van der Waals surface area contributed by atoms with Crippen LogP contribution in [0.25, 0.3) is 11.5 Å². The van der Waals surface area contributed by atoms with Crippen molar-refractivity contribution in [2.24, 2.45) is 0 Å². The van der Waals surface area contributed by atoms with Gasteiger partial charge in [0.05, 0.1) is 16.1 Å². The number of aromatic nitrogens is 2. The van der Waals surface area contributed by atoms with Crippen LogP contribution in [-0.4, -0.2) is 16.1 Å². The smallest absolute Gasteiger partial charge is 0.338 e. The summed E-state index contributed by atoms with van der Waals surface area (Å²) < 4.78 is 36.1. The average Bonchev–Trinajstić information content (AvgIpc) is 3.01. The summed E-state index contributed by atoms with van der Waals surface area (Å²) in [6.07, 6.45) is 0. The maximum Gasteiger partial charge on any atom is 0.338 e. The van der Waals surface area contributed by atoms with Gasteiger partial charge in [-0.2, -0.15) is 4.98 Å². The largest absolute Gasteiger partial charge is 0.454 e. The third-order valence-electron chi connectivity index (χ3n) is 3.00. The first-order valence-electron chi connectivity index (χ1n) is 6.73. The van der Waals surface area contributed by atoms with Gasteiger partial charge in [0.1, 0.15) is 11.6 Å². The van der Waals surface area contributed by atoms with Crippen molar-refractivity contribution in [3.05, 3.63) is 70.5 Å². The molecule has 8 heteroatoms. The van der Waals surface area contributed by atoms with E-state index in [1.807, 2.05) is 0 Å². The monoisotopic (exact) mass is 350 g/mol. The second-order valence-corrected chi connectivity index (χ2v) is 5.14. The van der Waals surface area contributed by atoms with E-state index in [2.05, 4.69) is 10.1 Å². The number of esters is 1. The van der Waals surface area contributed by atoms with Crippen molar-refractivity contribution < 1.29 is 22.8 Å². The zero-order chi connectivity index (χ0) is 17.1. The standard InChI is InChI=1S/C16H9ClF2N2O3/c17-13-4-2-1-3-12(13)15-20-14(21-24-15)8-23-16(22)9-5-10(18)7-11(19)6-9/h1-7H,8H2. The number of nitrogens with zero attached hydrogens (tertiary/aromatic N) is 2. The summed E-state index contributed by atoms with van der Waals surface area (Å²) in [4.78, 5) is 15.8. The van der Waals surface area contributed by atoms with Crippen molar-refractivity contribution in [2.75, 3.05) is 0 Å². The maximum atomic E-state index is 13.1. The van der Waals surface area contributed by atoms with Crippen LogP contribution in [0.2, 0.25) is 5.02 Å². The summed E-state index contributed by atoms with van der Waals surface area (Å²) in [5.74, 6) is -2.39. The molecular formula is C16H9ClF2N2O3. The molecule has 3 aromatic rings. The minimum atomic E-state index is -0.905. The fraction of sp³-hybridized carbons (Fsp3) is 0.0625. The molecule has 0 aliphatic rings. The normalized spacial score (nSPS) is 10.6. The molecule has 24 heavy (non-hydrogen) atoms. The summed E-state index contributed by atoms with van der Waals surface area (Å²) >= 11 is 6.02. The Morgan fingerprint density at radius 2 is 1.88 bits per heavy atom. The molecule has 0 saturated carbocycles. The molecule has 122 valence electrons. The van der Waals surface area contributed by atoms with Gasteiger partial charge in [0, 0.05) is 6.07 Å². The van der Waals surface area contributed by atoms with Crippen LogP contribution < -0.4 is 0 Å². The molecule has 0 fully saturated rings. The summed E-state index contributed by atoms with van der Waals surface area (Å²) in [6.45, 7) is -0.315. The molecule has 1 aromatic heterocycles. The molecule has 0 spiro atoms. The zero-order valence-corrected chi connectivity index (χ0v) is 12.8. The van der Waals surface area contributed by atoms with Crippen LogP contribution in [-0.2, 0) is 11.3 Å². The average molecular weight is 351 g/mol. The number of halogens is 3. The van der Waals surface area contributed by atoms with E-state index in [0.29, 0.717) is 16.7 Å². The van der Waals surface area contributed by atoms with Gasteiger partial charge >= 0.3 is 5.97 Å². The number of carbonyl (C=O) groups excluding carboxylic acids is 1. The number of rotatable bonds is 4. The van der Waals surface area contributed by atoms with Gasteiger partial charge in [-0.25, -0.2) is 13.6 Å². The molecule has 0 amide bonds. The van der Waals surface area contributed by atoms with Crippen LogP contribution in [0.5, 0.6) is 0 Å². The fourth-order valence-corrected chi connectivity index (χ4v) is 2.16. The predicted octanol–water partition coefficient (Wildman–Crippen LogP) is 4.03. The van der Waals surface area contributed by atoms with Gasteiger partial charge in [0.15, 0.2) is 6.61 Å². The number of hydrogen-bond donors (Lipinski definition) is 0. The van der Waals surface area contributed by atoms with E-state index in [1.165, 1.54) is 0 Å². The quantitative estimate of drug-likeness (QED) is 0.665. The number of benzene rings is 2. The van der Waals surface area contributed by atoms with E-state index in [-0.39, 0.29) is 23.9 Å². The zero-order valence-electron chi connectivity index (χ0n) is 12.0. The Morgan fingerprint density at radius 1 is 1.17 bits per heavy atom. The molecule has 0 saturated heterocycles. The van der Waals surface area contributed by atoms with Crippen LogP contribution in [0.3, 0.4) is 0 Å². The second-order valence-electron chi connectivity index (χ2n) is 4.73. The van der Waals surface area contributed by atoms with Crippen molar-refractivity contribution in [2.45, 2.75) is 6.61 Å². The number of carbonyl (C=O) groups is 1. The Labute approximate surface area is 139 Å². The topological polar surface area (TPSA) is 65.2 Å². The molecule has 0 aliphatic carbocycles. The first-order valence-corrected chi connectivity index (χ1v) is 7.11. The van der Waals surface area contributed by atoms with E-state index in [1.54, 1.807) is 24.3 Å². The molecule has 5 nitrogen and oxygen atoms in total. The molecule has 0 bridgehead atoms. The summed E-state index contributed by atoms with van der Waals surface area (Å²) in [5.41, 5.74) is 0.291. The minimum absolute atomic E-state index is 0.0927. The van der Waals surface area contributed by atoms with Crippen molar-refractivity contribution in [1.82, 2.24) is 10.1 Å². The van der Waals surface area contributed by atoms with Crippen LogP contribution in [0.4, 0.5) is 8.78 Å². The third kappa shape index (κ3) is 3.57. The van der Waals surface area contributed by atoms with Gasteiger partial charge in [-0.1, -0.05) is 28.9 Å². The highest BCUT2D eigenvalue weighted by molar-refractivity contribution is 6.33. The van der Waals surface area contributed by atoms with Crippen LogP contribution in [0, 0.1) is 11.6 Å². The first-order chi connectivity index (χ1) is 11.5. The molecule has 0 radical (unpaired) electrons. The number of hydrogen-bond acceptors (Lipinski definition) is 5. The molecule has 0 unspecified atom stereocenters. The molecule has 0 atom stereocenters. The molecule has 0 aliphatic heterocycles. The van der Waals surface area contributed by atoms with E-state index < -0.39 is 17.6 Å². The Morgan fingerprint density at radius 3 is 2.58 bits per heavy atom. The molecule has 1 heterocycles. The van der Waals surface area contributed by atoms with Crippen LogP contribution in [0.1, 0.15) is 16.2 Å². The second kappa shape index (κ2) is 6.76. The van der Waals surface area contributed by atoms with Gasteiger partial charge in [-0.3, -0.25) is 0 Å². The highest BCUT2D eigenvalue weighted by atomic mass is 35.5. The van der Waals surface area contributed by atoms with E-state index in [9.17, 15) is 13.6 Å². The Bertz CT molecular complexity index is 878. The Kier molecular flexibility index (Phi) is 4.52. The van der Waals surface area contributed by atoms with Gasteiger partial charge in [0.2, 0.25) is 5.82 Å². The van der Waals surface area contributed by atoms with E-state index in [0.717, 1.165) is 12.1 Å². The number of ether oxygens (including phenoxy) is 1. The van der Waals surface area contributed by atoms with Gasteiger partial charge < -0.3 is 9.26 Å². The van der Waals surface area contributed by atoms with Crippen molar-refractivity contribution in [3.63, 3.8) is 0 Å². The highest BCUT2D eigenvalue weighted by Crippen LogP contribution is 2.25. The first kappa shape index (κ1) is 16.1. The SMILES string of the molecule is O=C(OCc1noc(-c2ccccc2Cl)n1)c1cc(F)cc(F)c1. The van der Waals surface area contributed by atoms with Crippen LogP contribution in [0.15, 0.2) is 47.0 Å². The molecule has 3 rings (SSSR count). The predicted molar refractivity (Wildman–Crippen MR) is 80.2 cm³/mol. The summed E-state index contributed by atoms with van der Waals surface area (Å²) in [5, 5.41) is 4.09. The van der Waals surface area contributed by atoms with Gasteiger partial charge in [0.25, 0.3) is 5.89 Å². The third-order valence-corrected chi connectivity index (χ3v) is 3.33. The fourth-order valence-electron chi connectivity index (χ4n) is 1.94. The lowest BCUT2D eigenvalue weighted by Crippen LogP contribution is -2.07. The van der Waals surface area contributed by atoms with Gasteiger partial charge in [-0.15, -0.1) is 0 Å². The van der Waals surface area contributed by atoms with E-state index in [4.69, 9.17) is 20.9 Å². The lowest BCUT2D eigenvalue weighted by atomic mass is 10.2. The maximum absolute atomic E-state index is 13.1. The van der Waals surface area contributed by atoms with Crippen molar-refractivity contribution in [3.8, 4) is 11.5 Å². The minimum Gasteiger partial charge on any atom is -0.454 e. The lowest BCUT2D eigenvalue weighted by Gasteiger charge is -2.02.